The second kappa shape index (κ2) is 3.68. The number of aryl methyl sites for hydroxylation is 4. The average molecular weight is 260 g/mol. The van der Waals surface area contributed by atoms with Crippen LogP contribution in [0.4, 0.5) is 0 Å². The van der Waals surface area contributed by atoms with Crippen LogP contribution >= 0.6 is 11.3 Å². The summed E-state index contributed by atoms with van der Waals surface area (Å²) in [5.41, 5.74) is 5.65. The summed E-state index contributed by atoms with van der Waals surface area (Å²) in [4.78, 5) is 7.11. The van der Waals surface area contributed by atoms with Crippen molar-refractivity contribution in [3.63, 3.8) is 0 Å². The third kappa shape index (κ3) is 1.43. The molecule has 0 amide bonds. The normalized spacial score (nSPS) is 11.6. The fraction of sp³-hybridized carbons (Fsp3) is 0.385. The van der Waals surface area contributed by atoms with E-state index in [4.69, 9.17) is 4.98 Å². The van der Waals surface area contributed by atoms with E-state index in [-0.39, 0.29) is 0 Å². The van der Waals surface area contributed by atoms with Gasteiger partial charge in [0.25, 0.3) is 0 Å². The van der Waals surface area contributed by atoms with Crippen LogP contribution in [-0.2, 0) is 7.05 Å². The molecule has 94 valence electrons. The molecular weight excluding hydrogens is 244 g/mol. The van der Waals surface area contributed by atoms with Crippen LogP contribution in [0.5, 0.6) is 0 Å². The lowest BCUT2D eigenvalue weighted by molar-refractivity contribution is 0.731. The van der Waals surface area contributed by atoms with Crippen LogP contribution in [-0.4, -0.2) is 19.2 Å². The van der Waals surface area contributed by atoms with E-state index in [2.05, 4.69) is 36.5 Å². The lowest BCUT2D eigenvalue weighted by atomic mass is 10.1. The van der Waals surface area contributed by atoms with Gasteiger partial charge in [0.15, 0.2) is 4.96 Å². The highest BCUT2D eigenvalue weighted by Gasteiger charge is 2.16. The Kier molecular flexibility index (Phi) is 2.35. The van der Waals surface area contributed by atoms with Crippen LogP contribution < -0.4 is 0 Å². The minimum absolute atomic E-state index is 1.02. The van der Waals surface area contributed by atoms with Gasteiger partial charge in [-0.25, -0.2) is 4.98 Å². The third-order valence-electron chi connectivity index (χ3n) is 3.55. The maximum Gasteiger partial charge on any atom is 0.194 e. The number of nitrogens with zero attached hydrogens (tertiary/aromatic N) is 4. The van der Waals surface area contributed by atoms with Crippen LogP contribution in [0.2, 0.25) is 0 Å². The molecular formula is C13H16N4S. The first-order valence-corrected chi connectivity index (χ1v) is 6.76. The van der Waals surface area contributed by atoms with E-state index in [0.29, 0.717) is 0 Å². The van der Waals surface area contributed by atoms with E-state index in [9.17, 15) is 0 Å². The smallest absolute Gasteiger partial charge is 0.194 e. The fourth-order valence-corrected chi connectivity index (χ4v) is 3.27. The van der Waals surface area contributed by atoms with Crippen molar-refractivity contribution < 1.29 is 0 Å². The molecule has 0 bridgehead atoms. The summed E-state index contributed by atoms with van der Waals surface area (Å²) in [7, 11) is 1.97. The summed E-state index contributed by atoms with van der Waals surface area (Å²) in [6.07, 6.45) is 2.12. The van der Waals surface area contributed by atoms with E-state index in [1.807, 2.05) is 18.7 Å². The van der Waals surface area contributed by atoms with Gasteiger partial charge in [-0.1, -0.05) is 0 Å². The first-order valence-electron chi connectivity index (χ1n) is 5.94. The molecule has 0 radical (unpaired) electrons. The van der Waals surface area contributed by atoms with Crippen LogP contribution in [0.1, 0.15) is 22.0 Å². The van der Waals surface area contributed by atoms with Crippen molar-refractivity contribution in [2.75, 3.05) is 0 Å². The van der Waals surface area contributed by atoms with Crippen molar-refractivity contribution >= 4 is 16.3 Å². The van der Waals surface area contributed by atoms with E-state index >= 15 is 0 Å². The number of rotatable bonds is 1. The van der Waals surface area contributed by atoms with Gasteiger partial charge < -0.3 is 0 Å². The second-order valence-corrected chi connectivity index (χ2v) is 5.87. The van der Waals surface area contributed by atoms with E-state index in [0.717, 1.165) is 27.6 Å². The highest BCUT2D eigenvalue weighted by Crippen LogP contribution is 2.29. The van der Waals surface area contributed by atoms with Crippen LogP contribution in [0.25, 0.3) is 16.2 Å². The van der Waals surface area contributed by atoms with Gasteiger partial charge in [0.05, 0.1) is 11.4 Å². The summed E-state index contributed by atoms with van der Waals surface area (Å²) in [5, 5.41) is 4.45. The Morgan fingerprint density at radius 1 is 1.11 bits per heavy atom. The molecule has 0 aliphatic heterocycles. The lowest BCUT2D eigenvalue weighted by Gasteiger charge is -1.97. The molecule has 3 rings (SSSR count). The summed E-state index contributed by atoms with van der Waals surface area (Å²) >= 11 is 1.74. The number of hydrogen-bond donors (Lipinski definition) is 0. The number of hydrogen-bond acceptors (Lipinski definition) is 3. The molecule has 5 heteroatoms. The standard InChI is InChI=1S/C13H16N4S/c1-7-12(9(3)16(5)15-7)11-6-17-8(2)10(4)18-13(17)14-11/h6H,1-5H3. The first kappa shape index (κ1) is 11.5. The van der Waals surface area contributed by atoms with Crippen LogP contribution in [0, 0.1) is 27.7 Å². The SMILES string of the molecule is Cc1nn(C)c(C)c1-c1cn2c(C)c(C)sc2n1. The van der Waals surface area contributed by atoms with E-state index < -0.39 is 0 Å². The molecule has 0 saturated carbocycles. The Balaban J connectivity index is 2.26. The molecule has 0 spiro atoms. The fourth-order valence-electron chi connectivity index (χ4n) is 2.32. The molecule has 4 nitrogen and oxygen atoms in total. The quantitative estimate of drug-likeness (QED) is 0.674. The molecule has 0 unspecified atom stereocenters. The van der Waals surface area contributed by atoms with Crippen LogP contribution in [0.15, 0.2) is 6.20 Å². The molecule has 0 N–H and O–H groups in total. The van der Waals surface area contributed by atoms with Gasteiger partial charge in [-0.2, -0.15) is 5.10 Å². The molecule has 0 atom stereocenters. The van der Waals surface area contributed by atoms with Gasteiger partial charge in [-0.3, -0.25) is 9.08 Å². The predicted octanol–water partition coefficient (Wildman–Crippen LogP) is 3.03. The molecule has 18 heavy (non-hydrogen) atoms. The number of thiazole rings is 1. The van der Waals surface area contributed by atoms with Crippen molar-refractivity contribution in [3.8, 4) is 11.3 Å². The third-order valence-corrected chi connectivity index (χ3v) is 4.63. The van der Waals surface area contributed by atoms with Crippen molar-refractivity contribution in [1.82, 2.24) is 19.2 Å². The molecule has 0 aromatic carbocycles. The summed E-state index contributed by atoms with van der Waals surface area (Å²) < 4.78 is 4.08. The second-order valence-electron chi connectivity index (χ2n) is 4.69. The zero-order chi connectivity index (χ0) is 13.0. The molecule has 0 aliphatic rings. The minimum atomic E-state index is 1.02. The zero-order valence-corrected chi connectivity index (χ0v) is 12.1. The molecule has 3 aromatic rings. The molecule has 0 aliphatic carbocycles. The van der Waals surface area contributed by atoms with Gasteiger partial charge in [0.1, 0.15) is 0 Å². The lowest BCUT2D eigenvalue weighted by Crippen LogP contribution is -1.92. The maximum absolute atomic E-state index is 4.73. The predicted molar refractivity (Wildman–Crippen MR) is 74.2 cm³/mol. The summed E-state index contributed by atoms with van der Waals surface area (Å²) in [6.45, 7) is 8.39. The van der Waals surface area contributed by atoms with Gasteiger partial charge in [-0.15, -0.1) is 11.3 Å². The van der Waals surface area contributed by atoms with E-state index in [1.165, 1.54) is 10.6 Å². The molecule has 3 heterocycles. The Morgan fingerprint density at radius 2 is 1.83 bits per heavy atom. The Labute approximate surface area is 110 Å². The molecule has 3 aromatic heterocycles. The van der Waals surface area contributed by atoms with Crippen molar-refractivity contribution in [2.45, 2.75) is 27.7 Å². The Hall–Kier alpha value is -1.62. The van der Waals surface area contributed by atoms with Crippen molar-refractivity contribution in [2.24, 2.45) is 7.05 Å². The minimum Gasteiger partial charge on any atom is -0.294 e. The zero-order valence-electron chi connectivity index (χ0n) is 11.3. The molecule has 0 saturated heterocycles. The summed E-state index contributed by atoms with van der Waals surface area (Å²) in [5.74, 6) is 0. The van der Waals surface area contributed by atoms with Crippen LogP contribution in [0.3, 0.4) is 0 Å². The van der Waals surface area contributed by atoms with Gasteiger partial charge >= 0.3 is 0 Å². The summed E-state index contributed by atoms with van der Waals surface area (Å²) in [6, 6.07) is 0. The Morgan fingerprint density at radius 3 is 2.39 bits per heavy atom. The van der Waals surface area contributed by atoms with Crippen molar-refractivity contribution in [1.29, 1.82) is 0 Å². The van der Waals surface area contributed by atoms with Gasteiger partial charge in [0.2, 0.25) is 0 Å². The number of fused-ring (bicyclic) bond motifs is 1. The Bertz CT molecular complexity index is 745. The largest absolute Gasteiger partial charge is 0.294 e. The first-order chi connectivity index (χ1) is 8.49. The average Bonchev–Trinajstić information content (AvgIpc) is 2.87. The highest BCUT2D eigenvalue weighted by atomic mass is 32.1. The van der Waals surface area contributed by atoms with Gasteiger partial charge in [0, 0.05) is 35.1 Å². The van der Waals surface area contributed by atoms with Crippen molar-refractivity contribution in [3.05, 3.63) is 28.2 Å². The van der Waals surface area contributed by atoms with Gasteiger partial charge in [-0.05, 0) is 27.7 Å². The highest BCUT2D eigenvalue weighted by molar-refractivity contribution is 7.17. The monoisotopic (exact) mass is 260 g/mol. The number of imidazole rings is 1. The topological polar surface area (TPSA) is 35.1 Å². The molecule has 0 fully saturated rings. The maximum atomic E-state index is 4.73. The van der Waals surface area contributed by atoms with E-state index in [1.54, 1.807) is 11.3 Å². The number of aromatic nitrogens is 4.